The summed E-state index contributed by atoms with van der Waals surface area (Å²) in [5, 5.41) is 0.510. The molecule has 0 unspecified atom stereocenters. The normalized spacial score (nSPS) is 9.50. The first-order valence-electron chi connectivity index (χ1n) is 3.71. The smallest absolute Gasteiger partial charge is 0.123 e. The average molecular weight is 183 g/mol. The second-order valence-corrected chi connectivity index (χ2v) is 3.15. The molecular weight excluding hydrogens is 172 g/mol. The Balaban J connectivity index is 2.53. The zero-order valence-electron chi connectivity index (χ0n) is 7.01. The zero-order valence-corrected chi connectivity index (χ0v) is 7.77. The standard InChI is InChI=1S/C10H11ClO/c1-8-3-5-10(6-4-8)12-7-9(2)11/h3-6H,2,7H2,1H3. The Morgan fingerprint density at radius 3 is 2.50 bits per heavy atom. The Hall–Kier alpha value is -0.950. The molecule has 12 heavy (non-hydrogen) atoms. The number of ether oxygens (including phenoxy) is 1. The molecule has 0 bridgehead atoms. The van der Waals surface area contributed by atoms with Crippen molar-refractivity contribution >= 4 is 11.6 Å². The van der Waals surface area contributed by atoms with Gasteiger partial charge in [-0.2, -0.15) is 0 Å². The first kappa shape index (κ1) is 9.14. The minimum atomic E-state index is 0.366. The van der Waals surface area contributed by atoms with Gasteiger partial charge in [0.1, 0.15) is 12.4 Å². The maximum atomic E-state index is 5.54. The van der Waals surface area contributed by atoms with Crippen LogP contribution < -0.4 is 4.74 Å². The molecule has 1 nitrogen and oxygen atoms in total. The van der Waals surface area contributed by atoms with Crippen LogP contribution in [0.4, 0.5) is 0 Å². The van der Waals surface area contributed by atoms with Gasteiger partial charge >= 0.3 is 0 Å². The Bertz CT molecular complexity index is 264. The third-order valence-corrected chi connectivity index (χ3v) is 1.53. The molecule has 0 radical (unpaired) electrons. The summed E-state index contributed by atoms with van der Waals surface area (Å²) < 4.78 is 5.29. The van der Waals surface area contributed by atoms with E-state index in [2.05, 4.69) is 6.58 Å². The van der Waals surface area contributed by atoms with Gasteiger partial charge in [-0.3, -0.25) is 0 Å². The average Bonchev–Trinajstić information content (AvgIpc) is 2.03. The molecule has 0 atom stereocenters. The van der Waals surface area contributed by atoms with Gasteiger partial charge in [0.15, 0.2) is 0 Å². The number of halogens is 1. The molecule has 64 valence electrons. The van der Waals surface area contributed by atoms with E-state index in [9.17, 15) is 0 Å². The van der Waals surface area contributed by atoms with Crippen LogP contribution in [0, 0.1) is 6.92 Å². The second-order valence-electron chi connectivity index (χ2n) is 2.62. The van der Waals surface area contributed by atoms with Crippen molar-refractivity contribution in [3.05, 3.63) is 41.4 Å². The maximum absolute atomic E-state index is 5.54. The van der Waals surface area contributed by atoms with Crippen molar-refractivity contribution < 1.29 is 4.74 Å². The van der Waals surface area contributed by atoms with E-state index in [1.165, 1.54) is 5.56 Å². The van der Waals surface area contributed by atoms with E-state index in [0.717, 1.165) is 5.75 Å². The maximum Gasteiger partial charge on any atom is 0.123 e. The molecule has 0 aliphatic rings. The van der Waals surface area contributed by atoms with Gasteiger partial charge in [0, 0.05) is 5.03 Å². The molecule has 0 fully saturated rings. The van der Waals surface area contributed by atoms with E-state index < -0.39 is 0 Å². The van der Waals surface area contributed by atoms with E-state index in [1.807, 2.05) is 31.2 Å². The lowest BCUT2D eigenvalue weighted by Crippen LogP contribution is -1.95. The van der Waals surface area contributed by atoms with Crippen LogP contribution in [-0.4, -0.2) is 6.61 Å². The van der Waals surface area contributed by atoms with E-state index in [-0.39, 0.29) is 0 Å². The van der Waals surface area contributed by atoms with Gasteiger partial charge in [-0.15, -0.1) is 0 Å². The fraction of sp³-hybridized carbons (Fsp3) is 0.200. The second kappa shape index (κ2) is 4.17. The highest BCUT2D eigenvalue weighted by Crippen LogP contribution is 2.12. The highest BCUT2D eigenvalue weighted by atomic mass is 35.5. The molecule has 1 aromatic rings. The number of aryl methyl sites for hydroxylation is 1. The molecule has 0 N–H and O–H groups in total. The quantitative estimate of drug-likeness (QED) is 0.698. The van der Waals surface area contributed by atoms with Gasteiger partial charge < -0.3 is 4.74 Å². The summed E-state index contributed by atoms with van der Waals surface area (Å²) in [6.45, 7) is 5.93. The number of benzene rings is 1. The van der Waals surface area contributed by atoms with Gasteiger partial charge in [-0.05, 0) is 19.1 Å². The van der Waals surface area contributed by atoms with Gasteiger partial charge in [-0.1, -0.05) is 35.9 Å². The van der Waals surface area contributed by atoms with E-state index >= 15 is 0 Å². The van der Waals surface area contributed by atoms with Crippen molar-refractivity contribution in [2.24, 2.45) is 0 Å². The lowest BCUT2D eigenvalue weighted by atomic mass is 10.2. The monoisotopic (exact) mass is 182 g/mol. The fourth-order valence-corrected chi connectivity index (χ4v) is 0.851. The van der Waals surface area contributed by atoms with Crippen molar-refractivity contribution in [3.63, 3.8) is 0 Å². The topological polar surface area (TPSA) is 9.23 Å². The molecule has 0 saturated carbocycles. The lowest BCUT2D eigenvalue weighted by molar-refractivity contribution is 0.359. The Kier molecular flexibility index (Phi) is 3.18. The van der Waals surface area contributed by atoms with Crippen LogP contribution >= 0.6 is 11.6 Å². The molecule has 2 heteroatoms. The Labute approximate surface area is 77.6 Å². The number of hydrogen-bond acceptors (Lipinski definition) is 1. The first-order chi connectivity index (χ1) is 5.68. The van der Waals surface area contributed by atoms with Crippen molar-refractivity contribution in [3.8, 4) is 5.75 Å². The first-order valence-corrected chi connectivity index (χ1v) is 4.09. The molecular formula is C10H11ClO. The molecule has 0 aromatic heterocycles. The SMILES string of the molecule is C=C(Cl)COc1ccc(C)cc1. The van der Waals surface area contributed by atoms with Crippen LogP contribution in [-0.2, 0) is 0 Å². The molecule has 0 heterocycles. The van der Waals surface area contributed by atoms with E-state index in [4.69, 9.17) is 16.3 Å². The van der Waals surface area contributed by atoms with Crippen molar-refractivity contribution in [1.29, 1.82) is 0 Å². The van der Waals surface area contributed by atoms with Crippen LogP contribution in [0.1, 0.15) is 5.56 Å². The lowest BCUT2D eigenvalue weighted by Gasteiger charge is -2.03. The molecule has 0 aliphatic carbocycles. The number of rotatable bonds is 3. The number of hydrogen-bond donors (Lipinski definition) is 0. The van der Waals surface area contributed by atoms with Crippen LogP contribution in [0.25, 0.3) is 0 Å². The summed E-state index contributed by atoms with van der Waals surface area (Å²) in [4.78, 5) is 0. The molecule has 0 amide bonds. The summed E-state index contributed by atoms with van der Waals surface area (Å²) in [6, 6.07) is 7.81. The van der Waals surface area contributed by atoms with Crippen molar-refractivity contribution in [2.45, 2.75) is 6.92 Å². The minimum absolute atomic E-state index is 0.366. The minimum Gasteiger partial charge on any atom is -0.488 e. The van der Waals surface area contributed by atoms with Gasteiger partial charge in [-0.25, -0.2) is 0 Å². The summed E-state index contributed by atoms with van der Waals surface area (Å²) >= 11 is 5.54. The van der Waals surface area contributed by atoms with Crippen LogP contribution in [0.3, 0.4) is 0 Å². The highest BCUT2D eigenvalue weighted by Gasteiger charge is 1.92. The van der Waals surface area contributed by atoms with Gasteiger partial charge in [0.2, 0.25) is 0 Å². The van der Waals surface area contributed by atoms with Crippen LogP contribution in [0.2, 0.25) is 0 Å². The molecule has 0 aliphatic heterocycles. The van der Waals surface area contributed by atoms with E-state index in [1.54, 1.807) is 0 Å². The van der Waals surface area contributed by atoms with Crippen LogP contribution in [0.5, 0.6) is 5.75 Å². The third kappa shape index (κ3) is 2.97. The predicted octanol–water partition coefficient (Wildman–Crippen LogP) is 3.13. The largest absolute Gasteiger partial charge is 0.488 e. The molecule has 1 aromatic carbocycles. The van der Waals surface area contributed by atoms with E-state index in [0.29, 0.717) is 11.6 Å². The van der Waals surface area contributed by atoms with Crippen molar-refractivity contribution in [2.75, 3.05) is 6.61 Å². The Morgan fingerprint density at radius 2 is 2.00 bits per heavy atom. The van der Waals surface area contributed by atoms with Crippen LogP contribution in [0.15, 0.2) is 35.9 Å². The summed E-state index contributed by atoms with van der Waals surface area (Å²) in [6.07, 6.45) is 0. The van der Waals surface area contributed by atoms with Gasteiger partial charge in [0.25, 0.3) is 0 Å². The third-order valence-electron chi connectivity index (χ3n) is 1.42. The molecule has 0 saturated heterocycles. The summed E-state index contributed by atoms with van der Waals surface area (Å²) in [7, 11) is 0. The predicted molar refractivity (Wildman–Crippen MR) is 51.7 cm³/mol. The highest BCUT2D eigenvalue weighted by molar-refractivity contribution is 6.29. The summed E-state index contributed by atoms with van der Waals surface area (Å²) in [5.74, 6) is 0.822. The fourth-order valence-electron chi connectivity index (χ4n) is 0.796. The summed E-state index contributed by atoms with van der Waals surface area (Å²) in [5.41, 5.74) is 1.21. The van der Waals surface area contributed by atoms with Gasteiger partial charge in [0.05, 0.1) is 0 Å². The molecule has 1 rings (SSSR count). The molecule has 0 spiro atoms. The Morgan fingerprint density at radius 1 is 1.42 bits per heavy atom. The van der Waals surface area contributed by atoms with Crippen molar-refractivity contribution in [1.82, 2.24) is 0 Å². The zero-order chi connectivity index (χ0) is 8.97.